The van der Waals surface area contributed by atoms with Gasteiger partial charge in [-0.3, -0.25) is 14.6 Å². The van der Waals surface area contributed by atoms with Gasteiger partial charge in [-0.05, 0) is 54.0 Å². The Kier molecular flexibility index (Phi) is 6.45. The third-order valence-corrected chi connectivity index (χ3v) is 6.90. The molecule has 0 aliphatic carbocycles. The molecule has 2 N–H and O–H groups in total. The highest BCUT2D eigenvalue weighted by molar-refractivity contribution is 6.07. The Balaban J connectivity index is 1.35. The fraction of sp³-hybridized carbons (Fsp3) is 0.286. The highest BCUT2D eigenvalue weighted by Gasteiger charge is 2.47. The van der Waals surface area contributed by atoms with Crippen LogP contribution in [0.5, 0.6) is 0 Å². The van der Waals surface area contributed by atoms with Crippen molar-refractivity contribution >= 4 is 45.7 Å². The summed E-state index contributed by atoms with van der Waals surface area (Å²) in [5.41, 5.74) is 6.11. The normalized spacial score (nSPS) is 18.2. The van der Waals surface area contributed by atoms with Gasteiger partial charge in [0.1, 0.15) is 6.04 Å². The number of likely N-dealkylation sites (tertiary alicyclic amines) is 1. The maximum atomic E-state index is 13.7. The number of carbonyl (C=O) groups is 2. The summed E-state index contributed by atoms with van der Waals surface area (Å²) in [6.45, 7) is 1.46. The summed E-state index contributed by atoms with van der Waals surface area (Å²) >= 11 is 0. The molecule has 0 spiro atoms. The largest absolute Gasteiger partial charge is 0.366 e. The van der Waals surface area contributed by atoms with E-state index in [1.54, 1.807) is 12.1 Å². The van der Waals surface area contributed by atoms with E-state index in [0.29, 0.717) is 16.5 Å². The summed E-state index contributed by atoms with van der Waals surface area (Å²) in [6.07, 6.45) is 2.82. The van der Waals surface area contributed by atoms with E-state index in [9.17, 15) is 18.4 Å². The molecule has 1 atom stereocenters. The molecule has 0 bridgehead atoms. The first-order valence-electron chi connectivity index (χ1n) is 12.2. The van der Waals surface area contributed by atoms with E-state index in [1.807, 2.05) is 38.2 Å². The standard InChI is InChI=1S/C28H26F2N6O2/c1-17(19-4-6-25-24(11-19)34-16-35(25)2)9-18-3-5-23-22(10-18)21(7-8-32-23)27(38)33-14-26(37)36-15-28(29,30)12-20(36)13-31/h3-11,20,34H,12,14-16H2,1-2H3,(H,33,38)/b17-9+/t20-/m0/s1. The van der Waals surface area contributed by atoms with Crippen LogP contribution in [-0.4, -0.2) is 60.5 Å². The first kappa shape index (κ1) is 25.1. The molecular weight excluding hydrogens is 490 g/mol. The molecule has 5 rings (SSSR count). The lowest BCUT2D eigenvalue weighted by Gasteiger charge is -2.19. The van der Waals surface area contributed by atoms with Crippen LogP contribution >= 0.6 is 0 Å². The molecule has 2 aliphatic heterocycles. The van der Waals surface area contributed by atoms with Crippen LogP contribution in [0.4, 0.5) is 20.2 Å². The van der Waals surface area contributed by atoms with Crippen LogP contribution in [-0.2, 0) is 4.79 Å². The summed E-state index contributed by atoms with van der Waals surface area (Å²) in [4.78, 5) is 32.8. The molecule has 1 aromatic heterocycles. The minimum Gasteiger partial charge on any atom is -0.366 e. The third kappa shape index (κ3) is 4.87. The molecule has 1 saturated heterocycles. The van der Waals surface area contributed by atoms with Crippen LogP contribution in [0.1, 0.15) is 34.8 Å². The first-order valence-corrected chi connectivity index (χ1v) is 12.2. The molecular formula is C28H26F2N6O2. The second kappa shape index (κ2) is 9.74. The van der Waals surface area contributed by atoms with Crippen molar-refractivity contribution in [3.8, 4) is 6.07 Å². The third-order valence-electron chi connectivity index (χ3n) is 6.90. The van der Waals surface area contributed by atoms with Crippen LogP contribution in [0.15, 0.2) is 48.7 Å². The number of aromatic nitrogens is 1. The van der Waals surface area contributed by atoms with E-state index in [1.165, 1.54) is 6.20 Å². The highest BCUT2D eigenvalue weighted by atomic mass is 19.3. The van der Waals surface area contributed by atoms with E-state index in [4.69, 9.17) is 5.26 Å². The van der Waals surface area contributed by atoms with Crippen molar-refractivity contribution in [1.82, 2.24) is 15.2 Å². The van der Waals surface area contributed by atoms with E-state index in [0.717, 1.165) is 39.6 Å². The van der Waals surface area contributed by atoms with Crippen molar-refractivity contribution in [1.29, 1.82) is 5.26 Å². The van der Waals surface area contributed by atoms with Gasteiger partial charge < -0.3 is 20.4 Å². The van der Waals surface area contributed by atoms with E-state index < -0.39 is 43.3 Å². The summed E-state index contributed by atoms with van der Waals surface area (Å²) in [7, 11) is 2.03. The Morgan fingerprint density at radius 3 is 2.87 bits per heavy atom. The summed E-state index contributed by atoms with van der Waals surface area (Å²) in [5.74, 6) is -4.37. The van der Waals surface area contributed by atoms with Crippen molar-refractivity contribution < 1.29 is 18.4 Å². The number of carbonyl (C=O) groups excluding carboxylic acids is 2. The average molecular weight is 517 g/mol. The Morgan fingerprint density at radius 2 is 2.08 bits per heavy atom. The molecule has 2 aromatic carbocycles. The van der Waals surface area contributed by atoms with Crippen molar-refractivity contribution in [2.45, 2.75) is 25.3 Å². The predicted molar refractivity (Wildman–Crippen MR) is 142 cm³/mol. The lowest BCUT2D eigenvalue weighted by atomic mass is 10.0. The van der Waals surface area contributed by atoms with Gasteiger partial charge in [0.2, 0.25) is 5.91 Å². The van der Waals surface area contributed by atoms with Gasteiger partial charge >= 0.3 is 0 Å². The zero-order chi connectivity index (χ0) is 27.0. The zero-order valence-corrected chi connectivity index (χ0v) is 21.0. The monoisotopic (exact) mass is 516 g/mol. The van der Waals surface area contributed by atoms with Crippen LogP contribution in [0.2, 0.25) is 0 Å². The van der Waals surface area contributed by atoms with Gasteiger partial charge in [0.05, 0.1) is 48.3 Å². The number of rotatable bonds is 5. The first-order chi connectivity index (χ1) is 18.1. The number of nitriles is 1. The lowest BCUT2D eigenvalue weighted by Crippen LogP contribution is -2.43. The fourth-order valence-corrected chi connectivity index (χ4v) is 4.88. The maximum absolute atomic E-state index is 13.7. The topological polar surface area (TPSA) is 101 Å². The van der Waals surface area contributed by atoms with Gasteiger partial charge in [-0.1, -0.05) is 18.2 Å². The quantitative estimate of drug-likeness (QED) is 0.495. The molecule has 8 nitrogen and oxygen atoms in total. The van der Waals surface area contributed by atoms with Crippen molar-refractivity contribution in [3.05, 3.63) is 65.4 Å². The molecule has 2 aliphatic rings. The minimum atomic E-state index is -3.12. The van der Waals surface area contributed by atoms with Crippen LogP contribution in [0.25, 0.3) is 22.6 Å². The van der Waals surface area contributed by atoms with Gasteiger partial charge in [-0.2, -0.15) is 5.26 Å². The van der Waals surface area contributed by atoms with E-state index in [-0.39, 0.29) is 0 Å². The lowest BCUT2D eigenvalue weighted by molar-refractivity contribution is -0.131. The van der Waals surface area contributed by atoms with Gasteiger partial charge in [-0.25, -0.2) is 8.78 Å². The zero-order valence-electron chi connectivity index (χ0n) is 21.0. The number of allylic oxidation sites excluding steroid dienone is 1. The number of alkyl halides is 2. The van der Waals surface area contributed by atoms with Crippen molar-refractivity contribution in [2.75, 3.05) is 37.0 Å². The molecule has 194 valence electrons. The molecule has 3 aromatic rings. The second-order valence-electron chi connectivity index (χ2n) is 9.64. The number of nitrogens with zero attached hydrogens (tertiary/aromatic N) is 4. The van der Waals surface area contributed by atoms with E-state index >= 15 is 0 Å². The number of hydrogen-bond acceptors (Lipinski definition) is 6. The highest BCUT2D eigenvalue weighted by Crippen LogP contribution is 2.34. The Morgan fingerprint density at radius 1 is 1.26 bits per heavy atom. The van der Waals surface area contributed by atoms with E-state index in [2.05, 4.69) is 38.7 Å². The molecule has 38 heavy (non-hydrogen) atoms. The Labute approximate surface area is 218 Å². The number of pyridine rings is 1. The van der Waals surface area contributed by atoms with Crippen LogP contribution in [0, 0.1) is 11.3 Å². The van der Waals surface area contributed by atoms with Gasteiger partial charge in [0, 0.05) is 25.1 Å². The Bertz CT molecular complexity index is 1510. The SMILES string of the molecule is C/C(=C\c1ccc2nccc(C(=O)NCC(=O)N3CC(F)(F)C[C@H]3C#N)c2c1)c1ccc2c(c1)NCN2C. The number of fused-ring (bicyclic) bond motifs is 2. The average Bonchev–Trinajstić information content (AvgIpc) is 3.44. The number of anilines is 2. The molecule has 1 fully saturated rings. The maximum Gasteiger partial charge on any atom is 0.268 e. The van der Waals surface area contributed by atoms with Gasteiger partial charge in [0.25, 0.3) is 11.8 Å². The van der Waals surface area contributed by atoms with Gasteiger partial charge in [0.15, 0.2) is 0 Å². The number of nitrogens with one attached hydrogen (secondary N) is 2. The second-order valence-corrected chi connectivity index (χ2v) is 9.64. The summed E-state index contributed by atoms with van der Waals surface area (Å²) < 4.78 is 27.4. The van der Waals surface area contributed by atoms with Gasteiger partial charge in [-0.15, -0.1) is 0 Å². The molecule has 2 amide bonds. The number of amides is 2. The number of hydrogen-bond donors (Lipinski definition) is 2. The molecule has 3 heterocycles. The summed E-state index contributed by atoms with van der Waals surface area (Å²) in [6, 6.07) is 13.9. The molecule has 0 unspecified atom stereocenters. The molecule has 0 radical (unpaired) electrons. The predicted octanol–water partition coefficient (Wildman–Crippen LogP) is 4.10. The van der Waals surface area contributed by atoms with Crippen molar-refractivity contribution in [2.24, 2.45) is 0 Å². The fourth-order valence-electron chi connectivity index (χ4n) is 4.88. The Hall–Kier alpha value is -4.52. The smallest absolute Gasteiger partial charge is 0.268 e. The molecule has 0 saturated carbocycles. The van der Waals surface area contributed by atoms with Crippen LogP contribution < -0.4 is 15.5 Å². The number of benzene rings is 2. The molecule has 10 heteroatoms. The summed E-state index contributed by atoms with van der Waals surface area (Å²) in [5, 5.41) is 15.6. The van der Waals surface area contributed by atoms with Crippen molar-refractivity contribution in [3.63, 3.8) is 0 Å². The van der Waals surface area contributed by atoms with Crippen LogP contribution in [0.3, 0.4) is 0 Å². The minimum absolute atomic E-state index is 0.309. The number of halogens is 2.